The first-order valence-corrected chi connectivity index (χ1v) is 6.13. The van der Waals surface area contributed by atoms with Gasteiger partial charge in [0.1, 0.15) is 11.6 Å². The van der Waals surface area contributed by atoms with Crippen LogP contribution in [0.2, 0.25) is 0 Å². The van der Waals surface area contributed by atoms with Gasteiger partial charge in [-0.1, -0.05) is 11.3 Å². The number of nitrogens with two attached hydrogens (primary N) is 1. The monoisotopic (exact) mass is 334 g/mol. The Bertz CT molecular complexity index is 619. The van der Waals surface area contributed by atoms with Crippen LogP contribution >= 0.6 is 27.3 Å². The molecule has 1 amide bonds. The molecule has 0 saturated carbocycles. The van der Waals surface area contributed by atoms with Crippen LogP contribution in [0.15, 0.2) is 16.6 Å². The van der Waals surface area contributed by atoms with E-state index < -0.39 is 17.5 Å². The molecule has 0 aliphatic heterocycles. The summed E-state index contributed by atoms with van der Waals surface area (Å²) in [7, 11) is 0. The molecule has 18 heavy (non-hydrogen) atoms. The molecule has 0 radical (unpaired) electrons. The van der Waals surface area contributed by atoms with Gasteiger partial charge in [0.25, 0.3) is 5.91 Å². The molecule has 2 rings (SSSR count). The summed E-state index contributed by atoms with van der Waals surface area (Å²) in [6, 6.07) is 1.78. The number of nitrogens with zero attached hydrogens (tertiary/aromatic N) is 2. The minimum absolute atomic E-state index is 0.0295. The van der Waals surface area contributed by atoms with Gasteiger partial charge in [-0.25, -0.2) is 8.78 Å². The topological polar surface area (TPSA) is 80.9 Å². The number of rotatable bonds is 2. The number of amides is 1. The summed E-state index contributed by atoms with van der Waals surface area (Å²) in [4.78, 5) is 11.6. The Morgan fingerprint density at radius 3 is 2.67 bits per heavy atom. The SMILES string of the molecule is Nc1nnc(C(=O)Nc2cc(F)c(Br)cc2F)s1. The molecule has 3 N–H and O–H groups in total. The van der Waals surface area contributed by atoms with Gasteiger partial charge in [0.2, 0.25) is 10.1 Å². The quantitative estimate of drug-likeness (QED) is 0.826. The van der Waals surface area contributed by atoms with Gasteiger partial charge in [0.15, 0.2) is 0 Å². The zero-order valence-corrected chi connectivity index (χ0v) is 11.0. The molecule has 1 heterocycles. The van der Waals surface area contributed by atoms with Gasteiger partial charge in [-0.3, -0.25) is 4.79 Å². The number of hydrogen-bond donors (Lipinski definition) is 2. The minimum atomic E-state index is -0.769. The van der Waals surface area contributed by atoms with Gasteiger partial charge in [0, 0.05) is 6.07 Å². The largest absolute Gasteiger partial charge is 0.374 e. The third kappa shape index (κ3) is 2.62. The van der Waals surface area contributed by atoms with Crippen molar-refractivity contribution in [2.75, 3.05) is 11.1 Å². The van der Waals surface area contributed by atoms with Crippen LogP contribution in [0.3, 0.4) is 0 Å². The number of halogens is 3. The van der Waals surface area contributed by atoms with E-state index in [0.29, 0.717) is 0 Å². The van der Waals surface area contributed by atoms with Crippen LogP contribution in [0, 0.1) is 11.6 Å². The maximum Gasteiger partial charge on any atom is 0.286 e. The van der Waals surface area contributed by atoms with Crippen LogP contribution in [0.4, 0.5) is 19.6 Å². The number of carbonyl (C=O) groups excluding carboxylic acids is 1. The predicted octanol–water partition coefficient (Wildman–Crippen LogP) is 2.41. The van der Waals surface area contributed by atoms with Crippen molar-refractivity contribution in [1.29, 1.82) is 0 Å². The molecule has 0 saturated heterocycles. The van der Waals surface area contributed by atoms with E-state index in [0.717, 1.165) is 23.5 Å². The summed E-state index contributed by atoms with van der Waals surface area (Å²) in [6.07, 6.45) is 0. The Morgan fingerprint density at radius 2 is 2.06 bits per heavy atom. The lowest BCUT2D eigenvalue weighted by Gasteiger charge is -2.05. The number of nitrogens with one attached hydrogen (secondary N) is 1. The second-order valence-electron chi connectivity index (χ2n) is 3.15. The molecule has 0 bridgehead atoms. The second-order valence-corrected chi connectivity index (χ2v) is 5.01. The Morgan fingerprint density at radius 1 is 1.33 bits per heavy atom. The average molecular weight is 335 g/mol. The first-order valence-electron chi connectivity index (χ1n) is 4.52. The van der Waals surface area contributed by atoms with Crippen LogP contribution < -0.4 is 11.1 Å². The molecule has 5 nitrogen and oxygen atoms in total. The van der Waals surface area contributed by atoms with Gasteiger partial charge in [-0.2, -0.15) is 0 Å². The van der Waals surface area contributed by atoms with Gasteiger partial charge in [-0.05, 0) is 22.0 Å². The molecule has 1 aromatic carbocycles. The number of benzene rings is 1. The summed E-state index contributed by atoms with van der Waals surface area (Å²) < 4.78 is 26.6. The maximum atomic E-state index is 13.4. The van der Waals surface area contributed by atoms with E-state index in [-0.39, 0.29) is 20.3 Å². The third-order valence-electron chi connectivity index (χ3n) is 1.89. The van der Waals surface area contributed by atoms with E-state index >= 15 is 0 Å². The summed E-state index contributed by atoms with van der Waals surface area (Å²) in [5.74, 6) is -2.16. The molecule has 2 aromatic rings. The highest BCUT2D eigenvalue weighted by Crippen LogP contribution is 2.24. The first kappa shape index (κ1) is 12.8. The molecule has 94 valence electrons. The van der Waals surface area contributed by atoms with Gasteiger partial charge >= 0.3 is 0 Å². The fraction of sp³-hybridized carbons (Fsp3) is 0. The highest BCUT2D eigenvalue weighted by atomic mass is 79.9. The van der Waals surface area contributed by atoms with Crippen molar-refractivity contribution in [3.8, 4) is 0 Å². The molecule has 1 aromatic heterocycles. The van der Waals surface area contributed by atoms with Gasteiger partial charge in [-0.15, -0.1) is 10.2 Å². The maximum absolute atomic E-state index is 13.4. The second kappa shape index (κ2) is 4.94. The molecule has 0 aliphatic carbocycles. The van der Waals surface area contributed by atoms with E-state index in [4.69, 9.17) is 5.73 Å². The summed E-state index contributed by atoms with van der Waals surface area (Å²) >= 11 is 3.68. The van der Waals surface area contributed by atoms with Gasteiger partial charge in [0.05, 0.1) is 10.2 Å². The smallest absolute Gasteiger partial charge is 0.286 e. The van der Waals surface area contributed by atoms with E-state index in [1.165, 1.54) is 0 Å². The molecule has 9 heteroatoms. The van der Waals surface area contributed by atoms with Crippen LogP contribution in [0.1, 0.15) is 9.80 Å². The molecular formula is C9H5BrF2N4OS. The van der Waals surface area contributed by atoms with Crippen molar-refractivity contribution in [1.82, 2.24) is 10.2 Å². The lowest BCUT2D eigenvalue weighted by molar-refractivity contribution is 0.102. The number of anilines is 2. The fourth-order valence-electron chi connectivity index (χ4n) is 1.12. The zero-order chi connectivity index (χ0) is 13.3. The van der Waals surface area contributed by atoms with Crippen molar-refractivity contribution >= 4 is 44.0 Å². The van der Waals surface area contributed by atoms with Crippen molar-refractivity contribution in [2.24, 2.45) is 0 Å². The molecule has 0 atom stereocenters. The standard InChI is InChI=1S/C9H5BrF2N4OS/c10-3-1-5(12)6(2-4(3)11)14-7(17)8-15-16-9(13)18-8/h1-2H,(H2,13,16)(H,14,17). The zero-order valence-electron chi connectivity index (χ0n) is 8.58. The predicted molar refractivity (Wildman–Crippen MR) is 66.3 cm³/mol. The number of hydrogen-bond acceptors (Lipinski definition) is 5. The van der Waals surface area contributed by atoms with Crippen LogP contribution in [0.25, 0.3) is 0 Å². The number of nitrogen functional groups attached to an aromatic ring is 1. The highest BCUT2D eigenvalue weighted by Gasteiger charge is 2.15. The Hall–Kier alpha value is -1.61. The molecule has 0 aliphatic rings. The van der Waals surface area contributed by atoms with E-state index in [2.05, 4.69) is 31.4 Å². The van der Waals surface area contributed by atoms with Crippen molar-refractivity contribution in [3.05, 3.63) is 33.2 Å². The van der Waals surface area contributed by atoms with Gasteiger partial charge < -0.3 is 11.1 Å². The third-order valence-corrected chi connectivity index (χ3v) is 3.25. The fourth-order valence-corrected chi connectivity index (χ4v) is 1.94. The lowest BCUT2D eigenvalue weighted by atomic mass is 10.3. The van der Waals surface area contributed by atoms with Crippen molar-refractivity contribution < 1.29 is 13.6 Å². The molecule has 0 spiro atoms. The lowest BCUT2D eigenvalue weighted by Crippen LogP contribution is -2.13. The van der Waals surface area contributed by atoms with Crippen molar-refractivity contribution in [2.45, 2.75) is 0 Å². The van der Waals surface area contributed by atoms with Crippen LogP contribution in [-0.4, -0.2) is 16.1 Å². The minimum Gasteiger partial charge on any atom is -0.374 e. The average Bonchev–Trinajstić information content (AvgIpc) is 2.73. The molecule has 0 unspecified atom stereocenters. The number of carbonyl (C=O) groups is 1. The summed E-state index contributed by atoms with van der Waals surface area (Å²) in [5.41, 5.74) is 5.03. The van der Waals surface area contributed by atoms with E-state index in [1.54, 1.807) is 0 Å². The van der Waals surface area contributed by atoms with Crippen LogP contribution in [0.5, 0.6) is 0 Å². The van der Waals surface area contributed by atoms with Crippen molar-refractivity contribution in [3.63, 3.8) is 0 Å². The molecular weight excluding hydrogens is 330 g/mol. The summed E-state index contributed by atoms with van der Waals surface area (Å²) in [5, 5.41) is 9.20. The highest BCUT2D eigenvalue weighted by molar-refractivity contribution is 9.10. The Labute approximate surface area is 112 Å². The number of aromatic nitrogens is 2. The van der Waals surface area contributed by atoms with E-state index in [9.17, 15) is 13.6 Å². The normalized spacial score (nSPS) is 10.4. The van der Waals surface area contributed by atoms with Crippen LogP contribution in [-0.2, 0) is 0 Å². The first-order chi connectivity index (χ1) is 8.47. The van der Waals surface area contributed by atoms with E-state index in [1.807, 2.05) is 0 Å². The Balaban J connectivity index is 2.24. The Kier molecular flexibility index (Phi) is 3.53. The summed E-state index contributed by atoms with van der Waals surface area (Å²) in [6.45, 7) is 0. The molecule has 0 fully saturated rings.